The second-order valence-electron chi connectivity index (χ2n) is 11.9. The van der Waals surface area contributed by atoms with Gasteiger partial charge in [0.15, 0.2) is 11.5 Å². The quantitative estimate of drug-likeness (QED) is 0.412. The summed E-state index contributed by atoms with van der Waals surface area (Å²) >= 11 is 12.6. The van der Waals surface area contributed by atoms with Crippen LogP contribution < -0.4 is 9.80 Å². The number of halogens is 3. The van der Waals surface area contributed by atoms with Gasteiger partial charge in [0.1, 0.15) is 10.8 Å². The van der Waals surface area contributed by atoms with E-state index in [1.807, 2.05) is 45.9 Å². The first kappa shape index (κ1) is 29.4. The summed E-state index contributed by atoms with van der Waals surface area (Å²) in [5.74, 6) is -0.427. The standard InChI is InChI=1S/C28H35Cl2FN4O4/c1-15(2)17-9-8-10-18(16(3)4)21(17)35-23-20(11-19(29)22(30)32-23)34(24(36)25(35)37)14-28(31)12-33(13-28)26(38)39-27(5,6)7/h8-11,15-16,24,36H,12-14H2,1-7H3. The second kappa shape index (κ2) is 10.4. The topological polar surface area (TPSA) is 86.2 Å². The molecule has 1 aromatic carbocycles. The fourth-order valence-corrected chi connectivity index (χ4v) is 5.25. The van der Waals surface area contributed by atoms with Gasteiger partial charge in [0.25, 0.3) is 5.91 Å². The van der Waals surface area contributed by atoms with Crippen molar-refractivity contribution in [3.05, 3.63) is 45.6 Å². The van der Waals surface area contributed by atoms with Crippen LogP contribution in [-0.2, 0) is 9.53 Å². The van der Waals surface area contributed by atoms with E-state index >= 15 is 4.39 Å². The molecule has 0 spiro atoms. The Balaban J connectivity index is 1.75. The zero-order valence-electron chi connectivity index (χ0n) is 23.3. The zero-order valence-corrected chi connectivity index (χ0v) is 24.8. The number of para-hydroxylation sites is 1. The summed E-state index contributed by atoms with van der Waals surface area (Å²) in [5.41, 5.74) is 0.0473. The van der Waals surface area contributed by atoms with E-state index in [4.69, 9.17) is 27.9 Å². The highest BCUT2D eigenvalue weighted by molar-refractivity contribution is 6.41. The van der Waals surface area contributed by atoms with Gasteiger partial charge in [0.05, 0.1) is 36.0 Å². The minimum atomic E-state index is -1.90. The number of pyridine rings is 1. The lowest BCUT2D eigenvalue weighted by molar-refractivity contribution is -0.127. The number of carbonyl (C=O) groups excluding carboxylic acids is 2. The number of hydrogen-bond acceptors (Lipinski definition) is 6. The fraction of sp³-hybridized carbons (Fsp3) is 0.536. The summed E-state index contributed by atoms with van der Waals surface area (Å²) in [5, 5.41) is 11.4. The minimum Gasteiger partial charge on any atom is -0.444 e. The number of aliphatic hydroxyl groups excluding tert-OH is 1. The van der Waals surface area contributed by atoms with E-state index in [0.717, 1.165) is 11.1 Å². The largest absolute Gasteiger partial charge is 0.444 e. The molecule has 212 valence electrons. The summed E-state index contributed by atoms with van der Waals surface area (Å²) in [4.78, 5) is 34.5. The fourth-order valence-electron chi connectivity index (χ4n) is 4.96. The molecule has 1 atom stereocenters. The van der Waals surface area contributed by atoms with E-state index in [-0.39, 0.29) is 53.2 Å². The number of benzene rings is 1. The lowest BCUT2D eigenvalue weighted by Crippen LogP contribution is -2.67. The van der Waals surface area contributed by atoms with Crippen LogP contribution in [0.5, 0.6) is 0 Å². The number of nitrogens with zero attached hydrogens (tertiary/aromatic N) is 4. The molecule has 1 aromatic heterocycles. The van der Waals surface area contributed by atoms with E-state index < -0.39 is 29.5 Å². The maximum absolute atomic E-state index is 15.9. The number of aromatic nitrogens is 1. The third-order valence-corrected chi connectivity index (χ3v) is 7.44. The average Bonchev–Trinajstić information content (AvgIpc) is 2.80. The van der Waals surface area contributed by atoms with Gasteiger partial charge < -0.3 is 19.6 Å². The monoisotopic (exact) mass is 580 g/mol. The Morgan fingerprint density at radius 1 is 1.18 bits per heavy atom. The molecule has 1 unspecified atom stereocenters. The Hall–Kier alpha value is -2.62. The van der Waals surface area contributed by atoms with Gasteiger partial charge in [-0.2, -0.15) is 0 Å². The Morgan fingerprint density at radius 2 is 1.74 bits per heavy atom. The molecule has 2 aliphatic heterocycles. The maximum Gasteiger partial charge on any atom is 0.410 e. The summed E-state index contributed by atoms with van der Waals surface area (Å²) in [7, 11) is 0. The number of ether oxygens (including phenoxy) is 1. The van der Waals surface area contributed by atoms with Crippen molar-refractivity contribution in [1.29, 1.82) is 0 Å². The molecular weight excluding hydrogens is 546 g/mol. The number of fused-ring (bicyclic) bond motifs is 1. The molecule has 1 N–H and O–H groups in total. The van der Waals surface area contributed by atoms with E-state index in [2.05, 4.69) is 4.98 Å². The molecule has 11 heteroatoms. The second-order valence-corrected chi connectivity index (χ2v) is 12.6. The number of rotatable bonds is 5. The molecule has 2 aliphatic rings. The number of carbonyl (C=O) groups is 2. The molecule has 0 aliphatic carbocycles. The van der Waals surface area contributed by atoms with E-state index in [1.165, 1.54) is 20.8 Å². The maximum atomic E-state index is 15.9. The normalized spacial score (nSPS) is 18.9. The highest BCUT2D eigenvalue weighted by atomic mass is 35.5. The number of hydrogen-bond donors (Lipinski definition) is 1. The number of aliphatic hydroxyl groups is 1. The molecule has 1 saturated heterocycles. The van der Waals surface area contributed by atoms with Crippen LogP contribution in [0.4, 0.5) is 26.4 Å². The van der Waals surface area contributed by atoms with Crippen LogP contribution in [0.1, 0.15) is 71.4 Å². The number of likely N-dealkylation sites (tertiary alicyclic amines) is 1. The lowest BCUT2D eigenvalue weighted by atomic mass is 9.91. The van der Waals surface area contributed by atoms with Crippen molar-refractivity contribution >= 4 is 52.4 Å². The van der Waals surface area contributed by atoms with Gasteiger partial charge >= 0.3 is 6.09 Å². The highest BCUT2D eigenvalue weighted by Crippen LogP contribution is 2.47. The Bertz CT molecular complexity index is 1260. The number of alkyl halides is 1. The molecule has 2 amide bonds. The molecule has 2 aromatic rings. The third-order valence-electron chi connectivity index (χ3n) is 6.77. The summed E-state index contributed by atoms with van der Waals surface area (Å²) < 4.78 is 21.2. The molecule has 3 heterocycles. The first-order valence-corrected chi connectivity index (χ1v) is 13.7. The predicted octanol–water partition coefficient (Wildman–Crippen LogP) is 6.40. The molecule has 39 heavy (non-hydrogen) atoms. The minimum absolute atomic E-state index is 0.0209. The van der Waals surface area contributed by atoms with Crippen LogP contribution in [0.25, 0.3) is 0 Å². The Morgan fingerprint density at radius 3 is 2.26 bits per heavy atom. The van der Waals surface area contributed by atoms with Crippen LogP contribution in [0.15, 0.2) is 24.3 Å². The first-order valence-electron chi connectivity index (χ1n) is 13.0. The van der Waals surface area contributed by atoms with Gasteiger partial charge in [-0.3, -0.25) is 9.69 Å². The van der Waals surface area contributed by atoms with E-state index in [9.17, 15) is 14.7 Å². The van der Waals surface area contributed by atoms with Crippen LogP contribution in [-0.4, -0.2) is 64.1 Å². The van der Waals surface area contributed by atoms with Gasteiger partial charge in [-0.1, -0.05) is 69.1 Å². The zero-order chi connectivity index (χ0) is 29.0. The Kier molecular flexibility index (Phi) is 7.84. The van der Waals surface area contributed by atoms with Gasteiger partial charge in [0.2, 0.25) is 6.23 Å². The molecule has 4 rings (SSSR count). The van der Waals surface area contributed by atoms with Crippen molar-refractivity contribution in [2.24, 2.45) is 0 Å². The van der Waals surface area contributed by atoms with Gasteiger partial charge in [0, 0.05) is 0 Å². The Labute approximate surface area is 238 Å². The van der Waals surface area contributed by atoms with Crippen LogP contribution in [0.2, 0.25) is 10.2 Å². The highest BCUT2D eigenvalue weighted by Gasteiger charge is 2.51. The predicted molar refractivity (Wildman–Crippen MR) is 151 cm³/mol. The van der Waals surface area contributed by atoms with Crippen LogP contribution in [0.3, 0.4) is 0 Å². The summed E-state index contributed by atoms with van der Waals surface area (Å²) in [6, 6.07) is 7.29. The first-order chi connectivity index (χ1) is 18.0. The van der Waals surface area contributed by atoms with E-state index in [1.54, 1.807) is 20.8 Å². The molecule has 8 nitrogen and oxygen atoms in total. The van der Waals surface area contributed by atoms with Crippen molar-refractivity contribution in [2.75, 3.05) is 29.4 Å². The van der Waals surface area contributed by atoms with Gasteiger partial charge in [-0.25, -0.2) is 14.2 Å². The molecule has 0 bridgehead atoms. The van der Waals surface area contributed by atoms with Crippen LogP contribution >= 0.6 is 23.2 Å². The molecule has 1 fully saturated rings. The van der Waals surface area contributed by atoms with Crippen molar-refractivity contribution < 1.29 is 23.8 Å². The summed E-state index contributed by atoms with van der Waals surface area (Å²) in [6.07, 6.45) is -2.35. The van der Waals surface area contributed by atoms with Crippen molar-refractivity contribution in [1.82, 2.24) is 9.88 Å². The molecule has 0 saturated carbocycles. The number of amides is 2. The lowest BCUT2D eigenvalue weighted by Gasteiger charge is -2.49. The SMILES string of the molecule is CC(C)c1cccc(C(C)C)c1N1C(=O)C(O)N(CC2(F)CN(C(=O)OC(C)(C)C)C2)c2cc(Cl)c(Cl)nc21. The van der Waals surface area contributed by atoms with Crippen LogP contribution in [0, 0.1) is 0 Å². The van der Waals surface area contributed by atoms with Gasteiger partial charge in [-0.05, 0) is 49.8 Å². The average molecular weight is 582 g/mol. The molecular formula is C28H35Cl2FN4O4. The third kappa shape index (κ3) is 5.67. The van der Waals surface area contributed by atoms with Gasteiger partial charge in [-0.15, -0.1) is 0 Å². The summed E-state index contributed by atoms with van der Waals surface area (Å²) in [6.45, 7) is 12.4. The molecule has 0 radical (unpaired) electrons. The smallest absolute Gasteiger partial charge is 0.410 e. The van der Waals surface area contributed by atoms with E-state index in [0.29, 0.717) is 5.69 Å². The van der Waals surface area contributed by atoms with Crippen molar-refractivity contribution in [2.45, 2.75) is 77.8 Å². The number of anilines is 3. The van der Waals surface area contributed by atoms with Crippen molar-refractivity contribution in [3.63, 3.8) is 0 Å². The van der Waals surface area contributed by atoms with Crippen molar-refractivity contribution in [3.8, 4) is 0 Å².